The Labute approximate surface area is 168 Å². The fraction of sp³-hybridized carbons (Fsp3) is 0.200. The van der Waals surface area contributed by atoms with E-state index in [9.17, 15) is 13.2 Å². The minimum atomic E-state index is -3.77. The van der Waals surface area contributed by atoms with Gasteiger partial charge in [-0.3, -0.25) is 9.36 Å². The number of sulfonamides is 1. The molecule has 9 heteroatoms. The Hall–Kier alpha value is -3.17. The summed E-state index contributed by atoms with van der Waals surface area (Å²) in [6.07, 6.45) is 1.41. The van der Waals surface area contributed by atoms with Gasteiger partial charge in [0.1, 0.15) is 0 Å². The summed E-state index contributed by atoms with van der Waals surface area (Å²) < 4.78 is 39.1. The van der Waals surface area contributed by atoms with Gasteiger partial charge in [0.25, 0.3) is 5.56 Å². The predicted octanol–water partition coefficient (Wildman–Crippen LogP) is 1.91. The maximum Gasteiger partial charge on any atom is 0.253 e. The molecule has 0 aliphatic carbocycles. The maximum absolute atomic E-state index is 12.5. The van der Waals surface area contributed by atoms with Crippen LogP contribution in [-0.4, -0.2) is 38.7 Å². The Morgan fingerprint density at radius 1 is 1.00 bits per heavy atom. The van der Waals surface area contributed by atoms with E-state index in [1.807, 2.05) is 30.3 Å². The van der Waals surface area contributed by atoms with Crippen LogP contribution in [0.4, 0.5) is 0 Å². The number of methoxy groups -OCH3 is 2. The third-order valence-corrected chi connectivity index (χ3v) is 5.72. The monoisotopic (exact) mass is 415 g/mol. The van der Waals surface area contributed by atoms with Gasteiger partial charge < -0.3 is 9.47 Å². The summed E-state index contributed by atoms with van der Waals surface area (Å²) in [6, 6.07) is 15.1. The van der Waals surface area contributed by atoms with E-state index in [0.29, 0.717) is 17.2 Å². The van der Waals surface area contributed by atoms with Gasteiger partial charge in [-0.25, -0.2) is 18.1 Å². The summed E-state index contributed by atoms with van der Waals surface area (Å²) in [5.74, 6) is 0.745. The van der Waals surface area contributed by atoms with Crippen molar-refractivity contribution in [2.75, 3.05) is 20.8 Å². The van der Waals surface area contributed by atoms with Crippen LogP contribution in [0.15, 0.2) is 70.6 Å². The van der Waals surface area contributed by atoms with Crippen molar-refractivity contribution in [1.29, 1.82) is 0 Å². The molecule has 2 aromatic carbocycles. The van der Waals surface area contributed by atoms with Crippen molar-refractivity contribution < 1.29 is 17.9 Å². The van der Waals surface area contributed by atoms with Gasteiger partial charge >= 0.3 is 0 Å². The topological polar surface area (TPSA) is 99.5 Å². The molecule has 0 saturated carbocycles. The zero-order chi connectivity index (χ0) is 20.9. The standard InChI is InChI=1S/C20H21N3O5S/c1-27-18-9-8-16(12-19(18)28-2)29(25,26)22-10-11-23-14-21-17(13-20(23)24)15-6-4-3-5-7-15/h3-9,12-14,22H,10-11H2,1-2H3. The molecular weight excluding hydrogens is 394 g/mol. The average molecular weight is 415 g/mol. The van der Waals surface area contributed by atoms with Crippen molar-refractivity contribution in [3.63, 3.8) is 0 Å². The van der Waals surface area contributed by atoms with E-state index in [4.69, 9.17) is 9.47 Å². The molecule has 1 aromatic heterocycles. The van der Waals surface area contributed by atoms with Crippen LogP contribution in [0.25, 0.3) is 11.3 Å². The molecular formula is C20H21N3O5S. The normalized spacial score (nSPS) is 11.2. The minimum Gasteiger partial charge on any atom is -0.493 e. The van der Waals surface area contributed by atoms with Crippen LogP contribution in [0.2, 0.25) is 0 Å². The van der Waals surface area contributed by atoms with Crippen molar-refractivity contribution in [1.82, 2.24) is 14.3 Å². The first-order chi connectivity index (χ1) is 13.9. The molecule has 0 atom stereocenters. The SMILES string of the molecule is COc1ccc(S(=O)(=O)NCCn2cnc(-c3ccccc3)cc2=O)cc1OC. The van der Waals surface area contributed by atoms with E-state index in [1.54, 1.807) is 0 Å². The number of hydrogen-bond acceptors (Lipinski definition) is 6. The summed E-state index contributed by atoms with van der Waals surface area (Å²) in [5, 5.41) is 0. The lowest BCUT2D eigenvalue weighted by molar-refractivity contribution is 0.354. The number of benzene rings is 2. The zero-order valence-electron chi connectivity index (χ0n) is 16.0. The van der Waals surface area contributed by atoms with Crippen LogP contribution in [0.1, 0.15) is 0 Å². The first kappa shape index (κ1) is 20.6. The van der Waals surface area contributed by atoms with Crippen molar-refractivity contribution >= 4 is 10.0 Å². The van der Waals surface area contributed by atoms with Crippen LogP contribution in [0.5, 0.6) is 11.5 Å². The van der Waals surface area contributed by atoms with Crippen molar-refractivity contribution in [2.45, 2.75) is 11.4 Å². The van der Waals surface area contributed by atoms with Gasteiger partial charge in [0.05, 0.1) is 31.1 Å². The second-order valence-corrected chi connectivity index (χ2v) is 7.85. The first-order valence-corrected chi connectivity index (χ1v) is 10.3. The van der Waals surface area contributed by atoms with Crippen LogP contribution in [0, 0.1) is 0 Å². The molecule has 0 saturated heterocycles. The molecule has 0 aliphatic rings. The highest BCUT2D eigenvalue weighted by atomic mass is 32.2. The fourth-order valence-electron chi connectivity index (χ4n) is 2.73. The van der Waals surface area contributed by atoms with Crippen LogP contribution in [-0.2, 0) is 16.6 Å². The Kier molecular flexibility index (Phi) is 6.30. The second-order valence-electron chi connectivity index (χ2n) is 6.09. The van der Waals surface area contributed by atoms with Gasteiger partial charge in [-0.05, 0) is 12.1 Å². The number of aromatic nitrogens is 2. The Bertz CT molecular complexity index is 1140. The zero-order valence-corrected chi connectivity index (χ0v) is 16.8. The van der Waals surface area contributed by atoms with Crippen LogP contribution >= 0.6 is 0 Å². The lowest BCUT2D eigenvalue weighted by Gasteiger charge is -2.11. The third kappa shape index (κ3) is 4.82. The predicted molar refractivity (Wildman–Crippen MR) is 109 cm³/mol. The number of nitrogens with one attached hydrogen (secondary N) is 1. The van der Waals surface area contributed by atoms with Gasteiger partial charge in [-0.15, -0.1) is 0 Å². The fourth-order valence-corrected chi connectivity index (χ4v) is 3.76. The van der Waals surface area contributed by atoms with Gasteiger partial charge in [-0.2, -0.15) is 0 Å². The second kappa shape index (κ2) is 8.89. The quantitative estimate of drug-likeness (QED) is 0.603. The Balaban J connectivity index is 1.68. The molecule has 0 radical (unpaired) electrons. The molecule has 0 aliphatic heterocycles. The van der Waals surface area contributed by atoms with Gasteiger partial charge in [-0.1, -0.05) is 30.3 Å². The molecule has 0 unspecified atom stereocenters. The number of ether oxygens (including phenoxy) is 2. The van der Waals surface area contributed by atoms with Crippen molar-refractivity contribution in [2.24, 2.45) is 0 Å². The third-order valence-electron chi connectivity index (χ3n) is 4.26. The summed E-state index contributed by atoms with van der Waals surface area (Å²) in [5.41, 5.74) is 1.15. The average Bonchev–Trinajstić information content (AvgIpc) is 2.74. The van der Waals surface area contributed by atoms with Gasteiger partial charge in [0.15, 0.2) is 11.5 Å². The number of rotatable bonds is 8. The van der Waals surface area contributed by atoms with Crippen LogP contribution in [0.3, 0.4) is 0 Å². The highest BCUT2D eigenvalue weighted by Gasteiger charge is 2.16. The lowest BCUT2D eigenvalue weighted by Crippen LogP contribution is -2.31. The lowest BCUT2D eigenvalue weighted by atomic mass is 10.1. The Morgan fingerprint density at radius 2 is 1.72 bits per heavy atom. The van der Waals surface area contributed by atoms with E-state index in [2.05, 4.69) is 9.71 Å². The summed E-state index contributed by atoms with van der Waals surface area (Å²) in [6.45, 7) is 0.177. The van der Waals surface area contributed by atoms with E-state index < -0.39 is 10.0 Å². The molecule has 8 nitrogen and oxygen atoms in total. The molecule has 1 N–H and O–H groups in total. The van der Waals surface area contributed by atoms with E-state index in [0.717, 1.165) is 5.56 Å². The summed E-state index contributed by atoms with van der Waals surface area (Å²) >= 11 is 0. The number of nitrogens with zero attached hydrogens (tertiary/aromatic N) is 2. The van der Waals surface area contributed by atoms with Crippen molar-refractivity contribution in [3.05, 3.63) is 71.3 Å². The molecule has 0 bridgehead atoms. The summed E-state index contributed by atoms with van der Waals surface area (Å²) in [4.78, 5) is 16.6. The molecule has 0 amide bonds. The maximum atomic E-state index is 12.5. The highest BCUT2D eigenvalue weighted by molar-refractivity contribution is 7.89. The highest BCUT2D eigenvalue weighted by Crippen LogP contribution is 2.29. The molecule has 152 valence electrons. The molecule has 3 aromatic rings. The molecule has 3 rings (SSSR count). The molecule has 1 heterocycles. The minimum absolute atomic E-state index is 0.0307. The Morgan fingerprint density at radius 3 is 2.38 bits per heavy atom. The van der Waals surface area contributed by atoms with Gasteiger partial charge in [0, 0.05) is 30.8 Å². The molecule has 29 heavy (non-hydrogen) atoms. The molecule has 0 spiro atoms. The summed E-state index contributed by atoms with van der Waals surface area (Å²) in [7, 11) is -0.871. The van der Waals surface area contributed by atoms with Gasteiger partial charge in [0.2, 0.25) is 10.0 Å². The smallest absolute Gasteiger partial charge is 0.253 e. The first-order valence-electron chi connectivity index (χ1n) is 8.78. The largest absolute Gasteiger partial charge is 0.493 e. The van der Waals surface area contributed by atoms with E-state index in [-0.39, 0.29) is 23.5 Å². The van der Waals surface area contributed by atoms with E-state index in [1.165, 1.54) is 49.4 Å². The van der Waals surface area contributed by atoms with Crippen LogP contribution < -0.4 is 19.8 Å². The van der Waals surface area contributed by atoms with E-state index >= 15 is 0 Å². The number of hydrogen-bond donors (Lipinski definition) is 1. The molecule has 0 fully saturated rings. The van der Waals surface area contributed by atoms with Crippen molar-refractivity contribution in [3.8, 4) is 22.8 Å².